The number of carbonyl (C=O) groups is 1. The van der Waals surface area contributed by atoms with Crippen molar-refractivity contribution in [2.45, 2.75) is 38.9 Å². The molecule has 108 valence electrons. The minimum atomic E-state index is -0.474. The third-order valence-electron chi connectivity index (χ3n) is 3.87. The fraction of sp³-hybridized carbons (Fsp3) is 0.500. The van der Waals surface area contributed by atoms with Crippen molar-refractivity contribution in [2.75, 3.05) is 7.11 Å². The van der Waals surface area contributed by atoms with Crippen LogP contribution in [0.4, 0.5) is 0 Å². The maximum absolute atomic E-state index is 11.7. The molecule has 1 heterocycles. The fourth-order valence-electron chi connectivity index (χ4n) is 1.96. The summed E-state index contributed by atoms with van der Waals surface area (Å²) in [7, 11) is 0.898. The Labute approximate surface area is 133 Å². The molecule has 4 nitrogen and oxygen atoms in total. The van der Waals surface area contributed by atoms with Crippen LogP contribution in [-0.2, 0) is 14.0 Å². The molecule has 1 aromatic carbocycles. The van der Waals surface area contributed by atoms with Gasteiger partial charge in [-0.15, -0.1) is 0 Å². The smallest absolute Gasteiger partial charge is 0.465 e. The van der Waals surface area contributed by atoms with Crippen LogP contribution >= 0.6 is 22.6 Å². The molecule has 1 fully saturated rings. The largest absolute Gasteiger partial charge is 0.494 e. The average molecular weight is 388 g/mol. The number of benzene rings is 1. The highest BCUT2D eigenvalue weighted by Crippen LogP contribution is 2.36. The van der Waals surface area contributed by atoms with Crippen molar-refractivity contribution in [3.8, 4) is 0 Å². The van der Waals surface area contributed by atoms with Crippen molar-refractivity contribution in [1.29, 1.82) is 0 Å². The number of halogens is 1. The first kappa shape index (κ1) is 15.8. The van der Waals surface area contributed by atoms with Gasteiger partial charge in [0.15, 0.2) is 0 Å². The summed E-state index contributed by atoms with van der Waals surface area (Å²) in [6.45, 7) is 8.01. The van der Waals surface area contributed by atoms with Gasteiger partial charge in [0.1, 0.15) is 0 Å². The summed E-state index contributed by atoms with van der Waals surface area (Å²) in [6, 6.07) is 5.49. The minimum absolute atomic E-state index is 0.360. The molecule has 0 bridgehead atoms. The summed E-state index contributed by atoms with van der Waals surface area (Å²) >= 11 is 2.17. The van der Waals surface area contributed by atoms with Gasteiger partial charge in [0, 0.05) is 3.57 Å². The number of methoxy groups -OCH3 is 1. The van der Waals surface area contributed by atoms with Crippen molar-refractivity contribution in [1.82, 2.24) is 0 Å². The number of rotatable bonds is 2. The van der Waals surface area contributed by atoms with Crippen LogP contribution in [0.15, 0.2) is 18.2 Å². The molecule has 6 heteroatoms. The molecular formula is C14H18BIO4. The van der Waals surface area contributed by atoms with Crippen molar-refractivity contribution >= 4 is 41.1 Å². The molecule has 20 heavy (non-hydrogen) atoms. The van der Waals surface area contributed by atoms with E-state index in [2.05, 4.69) is 22.6 Å². The predicted octanol–water partition coefficient (Wildman–Crippen LogP) is 2.38. The van der Waals surface area contributed by atoms with Crippen LogP contribution in [-0.4, -0.2) is 31.4 Å². The molecule has 1 aromatic rings. The zero-order valence-electron chi connectivity index (χ0n) is 12.3. The second-order valence-corrected chi connectivity index (χ2v) is 7.10. The van der Waals surface area contributed by atoms with E-state index in [-0.39, 0.29) is 5.97 Å². The zero-order valence-corrected chi connectivity index (χ0v) is 14.5. The van der Waals surface area contributed by atoms with E-state index in [0.717, 1.165) is 9.03 Å². The van der Waals surface area contributed by atoms with Gasteiger partial charge < -0.3 is 14.0 Å². The number of hydrogen-bond acceptors (Lipinski definition) is 4. The summed E-state index contributed by atoms with van der Waals surface area (Å²) in [4.78, 5) is 11.7. The van der Waals surface area contributed by atoms with E-state index in [4.69, 9.17) is 14.0 Å². The first-order valence-corrected chi connectivity index (χ1v) is 7.48. The van der Waals surface area contributed by atoms with Crippen LogP contribution in [0.25, 0.3) is 0 Å². The van der Waals surface area contributed by atoms with E-state index >= 15 is 0 Å². The van der Waals surface area contributed by atoms with Gasteiger partial charge in [-0.1, -0.05) is 0 Å². The van der Waals surface area contributed by atoms with Gasteiger partial charge in [-0.2, -0.15) is 0 Å². The SMILES string of the molecule is COC(=O)c1cc(I)cc(B2OC(C)(C)C(C)(C)O2)c1. The Morgan fingerprint density at radius 1 is 1.15 bits per heavy atom. The molecule has 0 atom stereocenters. The molecule has 0 N–H and O–H groups in total. The van der Waals surface area contributed by atoms with E-state index in [1.165, 1.54) is 7.11 Å². The normalized spacial score (nSPS) is 20.0. The number of hydrogen-bond donors (Lipinski definition) is 0. The molecule has 2 rings (SSSR count). The maximum atomic E-state index is 11.7. The topological polar surface area (TPSA) is 44.8 Å². The van der Waals surface area contributed by atoms with Crippen LogP contribution in [0.1, 0.15) is 38.1 Å². The summed E-state index contributed by atoms with van der Waals surface area (Å²) < 4.78 is 17.7. The highest BCUT2D eigenvalue weighted by Gasteiger charge is 2.51. The Morgan fingerprint density at radius 2 is 1.70 bits per heavy atom. The lowest BCUT2D eigenvalue weighted by molar-refractivity contribution is 0.00578. The molecule has 0 aromatic heterocycles. The second-order valence-electron chi connectivity index (χ2n) is 5.85. The maximum Gasteiger partial charge on any atom is 0.494 e. The Balaban J connectivity index is 2.35. The Morgan fingerprint density at radius 3 is 2.20 bits per heavy atom. The van der Waals surface area contributed by atoms with E-state index in [1.54, 1.807) is 12.1 Å². The lowest BCUT2D eigenvalue weighted by Gasteiger charge is -2.32. The third kappa shape index (κ3) is 2.87. The highest BCUT2D eigenvalue weighted by molar-refractivity contribution is 14.1. The zero-order chi connectivity index (χ0) is 15.1. The van der Waals surface area contributed by atoms with Gasteiger partial charge in [0.25, 0.3) is 0 Å². The first-order chi connectivity index (χ1) is 9.16. The van der Waals surface area contributed by atoms with Gasteiger partial charge in [-0.05, 0) is 73.9 Å². The van der Waals surface area contributed by atoms with Crippen LogP contribution in [0.2, 0.25) is 0 Å². The van der Waals surface area contributed by atoms with E-state index in [0.29, 0.717) is 5.56 Å². The van der Waals surface area contributed by atoms with Crippen molar-refractivity contribution in [3.63, 3.8) is 0 Å². The molecule has 1 aliphatic rings. The molecule has 0 amide bonds. The summed E-state index contributed by atoms with van der Waals surface area (Å²) in [5.41, 5.74) is 0.537. The monoisotopic (exact) mass is 388 g/mol. The van der Waals surface area contributed by atoms with Gasteiger partial charge in [-0.25, -0.2) is 4.79 Å². The van der Waals surface area contributed by atoms with Gasteiger partial charge in [0.05, 0.1) is 23.9 Å². The fourth-order valence-corrected chi connectivity index (χ4v) is 2.66. The Kier molecular flexibility index (Phi) is 4.19. The highest BCUT2D eigenvalue weighted by atomic mass is 127. The van der Waals surface area contributed by atoms with E-state index < -0.39 is 18.3 Å². The molecule has 1 saturated heterocycles. The third-order valence-corrected chi connectivity index (χ3v) is 4.49. The van der Waals surface area contributed by atoms with Crippen molar-refractivity contribution in [3.05, 3.63) is 27.3 Å². The second kappa shape index (κ2) is 5.31. The molecule has 1 aliphatic heterocycles. The van der Waals surface area contributed by atoms with Gasteiger partial charge >= 0.3 is 13.1 Å². The summed E-state index contributed by atoms with van der Waals surface area (Å²) in [5.74, 6) is -0.360. The summed E-state index contributed by atoms with van der Waals surface area (Å²) in [6.07, 6.45) is 0. The lowest BCUT2D eigenvalue weighted by atomic mass is 9.78. The van der Waals surface area contributed by atoms with Crippen molar-refractivity contribution in [2.24, 2.45) is 0 Å². The van der Waals surface area contributed by atoms with Crippen LogP contribution in [0.5, 0.6) is 0 Å². The van der Waals surface area contributed by atoms with Crippen molar-refractivity contribution < 1.29 is 18.8 Å². The van der Waals surface area contributed by atoms with E-state index in [9.17, 15) is 4.79 Å². The standard InChI is InChI=1S/C14H18BIO4/c1-13(2)14(3,4)20-15(19-13)10-6-9(12(17)18-5)7-11(16)8-10/h6-8H,1-5H3. The summed E-state index contributed by atoms with van der Waals surface area (Å²) in [5, 5.41) is 0. The van der Waals surface area contributed by atoms with Crippen LogP contribution < -0.4 is 5.46 Å². The van der Waals surface area contributed by atoms with Gasteiger partial charge in [-0.3, -0.25) is 0 Å². The average Bonchev–Trinajstić information content (AvgIpc) is 2.57. The molecule has 0 saturated carbocycles. The number of ether oxygens (including phenoxy) is 1. The molecule has 0 radical (unpaired) electrons. The van der Waals surface area contributed by atoms with Crippen LogP contribution in [0, 0.1) is 3.57 Å². The minimum Gasteiger partial charge on any atom is -0.465 e. The lowest BCUT2D eigenvalue weighted by Crippen LogP contribution is -2.41. The molecular weight excluding hydrogens is 370 g/mol. The number of esters is 1. The molecule has 0 aliphatic carbocycles. The quantitative estimate of drug-likeness (QED) is 0.444. The number of carbonyl (C=O) groups excluding carboxylic acids is 1. The Hall–Kier alpha value is -0.595. The molecule has 0 unspecified atom stereocenters. The van der Waals surface area contributed by atoms with E-state index in [1.807, 2.05) is 33.8 Å². The van der Waals surface area contributed by atoms with Crippen LogP contribution in [0.3, 0.4) is 0 Å². The first-order valence-electron chi connectivity index (χ1n) is 6.41. The predicted molar refractivity (Wildman–Crippen MR) is 86.2 cm³/mol. The van der Waals surface area contributed by atoms with Gasteiger partial charge in [0.2, 0.25) is 0 Å². The Bertz CT molecular complexity index is 526. The molecule has 0 spiro atoms.